The zero-order chi connectivity index (χ0) is 20.4. The second kappa shape index (κ2) is 8.21. The van der Waals surface area contributed by atoms with Gasteiger partial charge in [-0.25, -0.2) is 13.4 Å². The topological polar surface area (TPSA) is 99.7 Å². The van der Waals surface area contributed by atoms with E-state index in [9.17, 15) is 18.0 Å². The lowest BCUT2D eigenvalue weighted by molar-refractivity contribution is -0.117. The number of benzene rings is 1. The summed E-state index contributed by atoms with van der Waals surface area (Å²) in [6, 6.07) is 6.22. The zero-order valence-electron chi connectivity index (χ0n) is 15.8. The Kier molecular flexibility index (Phi) is 5.66. The molecule has 1 N–H and O–H groups in total. The summed E-state index contributed by atoms with van der Waals surface area (Å²) in [6.45, 7) is 1.78. The molecule has 0 atom stereocenters. The van der Waals surface area contributed by atoms with Crippen molar-refractivity contribution in [3.63, 3.8) is 0 Å². The number of nitrogens with zero attached hydrogens (tertiary/aromatic N) is 3. The fourth-order valence-corrected chi connectivity index (χ4v) is 5.89. The molecular weight excluding hydrogens is 412 g/mol. The molecule has 10 heteroatoms. The van der Waals surface area contributed by atoms with Crippen molar-refractivity contribution in [3.8, 4) is 0 Å². The molecule has 0 saturated carbocycles. The van der Waals surface area contributed by atoms with Crippen LogP contribution >= 0.6 is 11.3 Å². The number of amides is 2. The normalized spacial score (nSPS) is 17.8. The van der Waals surface area contributed by atoms with Crippen molar-refractivity contribution in [1.82, 2.24) is 9.29 Å². The molecule has 154 valence electrons. The highest BCUT2D eigenvalue weighted by molar-refractivity contribution is 7.89. The summed E-state index contributed by atoms with van der Waals surface area (Å²) in [4.78, 5) is 30.4. The van der Waals surface area contributed by atoms with Gasteiger partial charge in [0, 0.05) is 37.1 Å². The number of aromatic nitrogens is 1. The summed E-state index contributed by atoms with van der Waals surface area (Å²) in [5, 5.41) is 5.18. The number of thiazole rings is 1. The highest BCUT2D eigenvalue weighted by Crippen LogP contribution is 2.26. The lowest BCUT2D eigenvalue weighted by Crippen LogP contribution is -2.27. The van der Waals surface area contributed by atoms with Gasteiger partial charge in [0.25, 0.3) is 0 Å². The van der Waals surface area contributed by atoms with Crippen LogP contribution in [0.1, 0.15) is 31.4 Å². The molecule has 2 aliphatic heterocycles. The Morgan fingerprint density at radius 1 is 1.10 bits per heavy atom. The monoisotopic (exact) mass is 434 g/mol. The molecule has 0 radical (unpaired) electrons. The smallest absolute Gasteiger partial charge is 0.243 e. The van der Waals surface area contributed by atoms with Crippen LogP contribution in [0, 0.1) is 0 Å². The van der Waals surface area contributed by atoms with Crippen molar-refractivity contribution in [2.24, 2.45) is 0 Å². The van der Waals surface area contributed by atoms with Crippen LogP contribution in [0.25, 0.3) is 0 Å². The Labute approximate surface area is 173 Å². The predicted octanol–water partition coefficient (Wildman–Crippen LogP) is 2.24. The molecule has 2 aromatic rings. The molecule has 0 bridgehead atoms. The van der Waals surface area contributed by atoms with Crippen molar-refractivity contribution in [2.45, 2.75) is 37.0 Å². The average molecular weight is 435 g/mol. The highest BCUT2D eigenvalue weighted by atomic mass is 32.2. The van der Waals surface area contributed by atoms with Crippen molar-refractivity contribution in [1.29, 1.82) is 0 Å². The van der Waals surface area contributed by atoms with E-state index in [2.05, 4.69) is 10.3 Å². The first-order chi connectivity index (χ1) is 13.9. The second-order valence-electron chi connectivity index (χ2n) is 7.13. The molecule has 0 spiro atoms. The van der Waals surface area contributed by atoms with Crippen LogP contribution < -0.4 is 10.2 Å². The van der Waals surface area contributed by atoms with E-state index in [1.54, 1.807) is 22.4 Å². The number of carbonyl (C=O) groups excluding carboxylic acids is 2. The molecule has 2 amide bonds. The molecule has 2 fully saturated rings. The Morgan fingerprint density at radius 3 is 2.48 bits per heavy atom. The fourth-order valence-electron chi connectivity index (χ4n) is 3.51. The van der Waals surface area contributed by atoms with Crippen LogP contribution in [0.15, 0.2) is 34.5 Å². The minimum atomic E-state index is -3.46. The Balaban J connectivity index is 1.36. The predicted molar refractivity (Wildman–Crippen MR) is 110 cm³/mol. The van der Waals surface area contributed by atoms with Gasteiger partial charge in [-0.3, -0.25) is 14.5 Å². The van der Waals surface area contributed by atoms with Gasteiger partial charge < -0.3 is 5.32 Å². The standard InChI is InChI=1S/C19H22N4O4S2/c24-17(12-15-13-28-19(21-15)23-11-3-4-18(23)25)20-14-5-7-16(8-6-14)29(26,27)22-9-1-2-10-22/h5-8,13H,1-4,9-12H2,(H,20,24). The van der Waals surface area contributed by atoms with Crippen LogP contribution in [0.4, 0.5) is 10.8 Å². The summed E-state index contributed by atoms with van der Waals surface area (Å²) >= 11 is 1.36. The van der Waals surface area contributed by atoms with Crippen LogP contribution in [-0.2, 0) is 26.0 Å². The first kappa shape index (κ1) is 20.0. The van der Waals surface area contributed by atoms with Crippen molar-refractivity contribution in [3.05, 3.63) is 35.3 Å². The van der Waals surface area contributed by atoms with E-state index in [4.69, 9.17) is 0 Å². The molecule has 2 aliphatic rings. The number of hydrogen-bond acceptors (Lipinski definition) is 6. The molecule has 29 heavy (non-hydrogen) atoms. The number of sulfonamides is 1. The summed E-state index contributed by atoms with van der Waals surface area (Å²) in [5.41, 5.74) is 1.14. The lowest BCUT2D eigenvalue weighted by atomic mass is 10.3. The third-order valence-electron chi connectivity index (χ3n) is 5.03. The molecule has 1 aromatic heterocycles. The van der Waals surface area contributed by atoms with Gasteiger partial charge in [-0.2, -0.15) is 4.31 Å². The van der Waals surface area contributed by atoms with E-state index in [-0.39, 0.29) is 23.1 Å². The van der Waals surface area contributed by atoms with Gasteiger partial charge in [0.05, 0.1) is 17.0 Å². The average Bonchev–Trinajstić information content (AvgIpc) is 3.43. The Bertz CT molecular complexity index is 1010. The number of hydrogen-bond donors (Lipinski definition) is 1. The molecule has 1 aromatic carbocycles. The van der Waals surface area contributed by atoms with E-state index in [0.717, 1.165) is 19.3 Å². The van der Waals surface area contributed by atoms with Crippen LogP contribution in [0.5, 0.6) is 0 Å². The summed E-state index contributed by atoms with van der Waals surface area (Å²) in [5.74, 6) is -0.177. The molecular formula is C19H22N4O4S2. The third-order valence-corrected chi connectivity index (χ3v) is 7.85. The molecule has 3 heterocycles. The fraction of sp³-hybridized carbons (Fsp3) is 0.421. The van der Waals surface area contributed by atoms with Gasteiger partial charge in [0.2, 0.25) is 21.8 Å². The number of anilines is 2. The molecule has 2 saturated heterocycles. The maximum atomic E-state index is 12.5. The first-order valence-corrected chi connectivity index (χ1v) is 11.9. The second-order valence-corrected chi connectivity index (χ2v) is 9.91. The highest BCUT2D eigenvalue weighted by Gasteiger charge is 2.27. The zero-order valence-corrected chi connectivity index (χ0v) is 17.5. The van der Waals surface area contributed by atoms with Crippen molar-refractivity contribution in [2.75, 3.05) is 29.9 Å². The SMILES string of the molecule is O=C(Cc1csc(N2CCCC2=O)n1)Nc1ccc(S(=O)(=O)N2CCCC2)cc1. The Morgan fingerprint density at radius 2 is 1.83 bits per heavy atom. The lowest BCUT2D eigenvalue weighted by Gasteiger charge is -2.15. The molecule has 4 rings (SSSR count). The van der Waals surface area contributed by atoms with Gasteiger partial charge in [-0.05, 0) is 43.5 Å². The summed E-state index contributed by atoms with van der Waals surface area (Å²) < 4.78 is 26.6. The largest absolute Gasteiger partial charge is 0.326 e. The van der Waals surface area contributed by atoms with E-state index < -0.39 is 10.0 Å². The van der Waals surface area contributed by atoms with Gasteiger partial charge in [-0.15, -0.1) is 11.3 Å². The van der Waals surface area contributed by atoms with Crippen molar-refractivity contribution < 1.29 is 18.0 Å². The minimum Gasteiger partial charge on any atom is -0.326 e. The molecule has 8 nitrogen and oxygen atoms in total. The van der Waals surface area contributed by atoms with E-state index in [0.29, 0.717) is 42.6 Å². The Hall–Kier alpha value is -2.30. The van der Waals surface area contributed by atoms with E-state index in [1.807, 2.05) is 0 Å². The van der Waals surface area contributed by atoms with Gasteiger partial charge in [0.1, 0.15) is 0 Å². The van der Waals surface area contributed by atoms with E-state index >= 15 is 0 Å². The number of carbonyl (C=O) groups is 2. The quantitative estimate of drug-likeness (QED) is 0.752. The number of nitrogens with one attached hydrogen (secondary N) is 1. The van der Waals surface area contributed by atoms with Gasteiger partial charge in [-0.1, -0.05) is 0 Å². The van der Waals surface area contributed by atoms with Crippen LogP contribution in [0.2, 0.25) is 0 Å². The first-order valence-electron chi connectivity index (χ1n) is 9.58. The maximum absolute atomic E-state index is 12.5. The summed E-state index contributed by atoms with van der Waals surface area (Å²) in [7, 11) is -3.46. The van der Waals surface area contributed by atoms with Crippen LogP contribution in [0.3, 0.4) is 0 Å². The van der Waals surface area contributed by atoms with E-state index in [1.165, 1.54) is 27.8 Å². The van der Waals surface area contributed by atoms with Gasteiger partial charge in [0.15, 0.2) is 5.13 Å². The third kappa shape index (κ3) is 4.34. The number of rotatable bonds is 6. The van der Waals surface area contributed by atoms with Crippen molar-refractivity contribution >= 4 is 44.0 Å². The molecule has 0 unspecified atom stereocenters. The minimum absolute atomic E-state index is 0.0688. The van der Waals surface area contributed by atoms with Gasteiger partial charge >= 0.3 is 0 Å². The maximum Gasteiger partial charge on any atom is 0.243 e. The molecule has 0 aliphatic carbocycles. The summed E-state index contributed by atoms with van der Waals surface area (Å²) in [6.07, 6.45) is 3.23. The van der Waals surface area contributed by atoms with Crippen LogP contribution in [-0.4, -0.2) is 49.2 Å².